The quantitative estimate of drug-likeness (QED) is 0.348. The predicted molar refractivity (Wildman–Crippen MR) is 90.2 cm³/mol. The average Bonchev–Trinajstić information content (AvgIpc) is 2.45. The minimum absolute atomic E-state index is 0.150. The summed E-state index contributed by atoms with van der Waals surface area (Å²) in [7, 11) is 0. The average molecular weight is 367 g/mol. The number of rotatable bonds is 2. The summed E-state index contributed by atoms with van der Waals surface area (Å²) in [6, 6.07) is 10.6. The van der Waals surface area contributed by atoms with Gasteiger partial charge >= 0.3 is 135 Å². The van der Waals surface area contributed by atoms with E-state index in [0.29, 0.717) is 5.66 Å². The van der Waals surface area contributed by atoms with Crippen LogP contribution in [0, 0.1) is 18.3 Å². The Labute approximate surface area is 134 Å². The molecule has 112 valence electrons. The monoisotopic (exact) mass is 368 g/mol. The molecule has 0 radical (unpaired) electrons. The maximum atomic E-state index is 11.4. The summed E-state index contributed by atoms with van der Waals surface area (Å²) in [5.74, 6) is 2.64. The molecule has 0 N–H and O–H groups in total. The van der Waals surface area contributed by atoms with Gasteiger partial charge in [-0.05, 0) is 0 Å². The standard InChI is InChI=1S/C17H21O2PSe/c1-5-17(19-15(4)18)11-14(3)20(21,12-13(17)2)16-9-7-6-8-10-16/h1,6-10,13-14H,11-12H2,2-4H3/t13-,14+,17+,20-/m0/s1. The summed E-state index contributed by atoms with van der Waals surface area (Å²) >= 11 is 3.51. The fourth-order valence-electron chi connectivity index (χ4n) is 3.19. The second kappa shape index (κ2) is 6.13. The fourth-order valence-corrected chi connectivity index (χ4v) is 9.27. The van der Waals surface area contributed by atoms with Gasteiger partial charge in [-0.3, -0.25) is 0 Å². The van der Waals surface area contributed by atoms with Crippen molar-refractivity contribution in [3.05, 3.63) is 30.3 Å². The van der Waals surface area contributed by atoms with E-state index in [0.717, 1.165) is 12.6 Å². The Morgan fingerprint density at radius 1 is 1.43 bits per heavy atom. The Balaban J connectivity index is 2.37. The number of esters is 1. The number of carbonyl (C=O) groups excluding carboxylic acids is 1. The molecule has 1 heterocycles. The van der Waals surface area contributed by atoms with Crippen molar-refractivity contribution < 1.29 is 9.53 Å². The number of benzene rings is 1. The van der Waals surface area contributed by atoms with Crippen LogP contribution in [0.15, 0.2) is 30.3 Å². The van der Waals surface area contributed by atoms with Crippen molar-refractivity contribution in [3.63, 3.8) is 0 Å². The Morgan fingerprint density at radius 2 is 2.05 bits per heavy atom. The molecular formula is C17H21O2PSe. The van der Waals surface area contributed by atoms with Crippen molar-refractivity contribution in [2.75, 3.05) is 6.16 Å². The number of ether oxygens (including phenoxy) is 1. The van der Waals surface area contributed by atoms with Crippen molar-refractivity contribution in [3.8, 4) is 12.3 Å². The Kier molecular flexibility index (Phi) is 4.84. The van der Waals surface area contributed by atoms with Gasteiger partial charge in [0.25, 0.3) is 0 Å². The fraction of sp³-hybridized carbons (Fsp3) is 0.471. The first-order chi connectivity index (χ1) is 9.84. The molecule has 0 aromatic heterocycles. The van der Waals surface area contributed by atoms with Crippen molar-refractivity contribution in [2.24, 2.45) is 5.92 Å². The van der Waals surface area contributed by atoms with Crippen LogP contribution >= 0.6 is 5.51 Å². The van der Waals surface area contributed by atoms with Crippen molar-refractivity contribution in [2.45, 2.75) is 38.5 Å². The number of hydrogen-bond acceptors (Lipinski definition) is 2. The summed E-state index contributed by atoms with van der Waals surface area (Å²) in [6.07, 6.45) is 7.43. The van der Waals surface area contributed by atoms with Crippen LogP contribution in [0.5, 0.6) is 0 Å². The maximum absolute atomic E-state index is 11.4. The molecule has 1 saturated heterocycles. The predicted octanol–water partition coefficient (Wildman–Crippen LogP) is 2.78. The van der Waals surface area contributed by atoms with Crippen LogP contribution < -0.4 is 5.30 Å². The van der Waals surface area contributed by atoms with Crippen LogP contribution in [0.3, 0.4) is 0 Å². The molecule has 2 nitrogen and oxygen atoms in total. The molecule has 0 bridgehead atoms. The van der Waals surface area contributed by atoms with Gasteiger partial charge in [0.05, 0.1) is 0 Å². The van der Waals surface area contributed by atoms with Gasteiger partial charge < -0.3 is 0 Å². The third kappa shape index (κ3) is 3.04. The topological polar surface area (TPSA) is 26.3 Å². The number of carbonyl (C=O) groups is 1. The zero-order valence-electron chi connectivity index (χ0n) is 12.7. The molecule has 1 aliphatic rings. The molecule has 21 heavy (non-hydrogen) atoms. The van der Waals surface area contributed by atoms with E-state index in [9.17, 15) is 4.79 Å². The van der Waals surface area contributed by atoms with Crippen LogP contribution in [-0.4, -0.2) is 38.5 Å². The molecule has 1 aliphatic heterocycles. The third-order valence-corrected chi connectivity index (χ3v) is 12.8. The molecule has 0 aliphatic carbocycles. The van der Waals surface area contributed by atoms with Crippen molar-refractivity contribution in [1.29, 1.82) is 0 Å². The molecule has 1 aromatic rings. The van der Waals surface area contributed by atoms with Gasteiger partial charge in [0.2, 0.25) is 0 Å². The minimum atomic E-state index is -1.41. The molecule has 0 amide bonds. The van der Waals surface area contributed by atoms with E-state index >= 15 is 0 Å². The van der Waals surface area contributed by atoms with E-state index in [-0.39, 0.29) is 11.9 Å². The molecule has 0 unspecified atom stereocenters. The van der Waals surface area contributed by atoms with Crippen LogP contribution in [0.2, 0.25) is 0 Å². The normalized spacial score (nSPS) is 35.7. The molecule has 0 saturated carbocycles. The van der Waals surface area contributed by atoms with Crippen LogP contribution in [-0.2, 0) is 9.53 Å². The van der Waals surface area contributed by atoms with E-state index in [1.54, 1.807) is 0 Å². The second-order valence-corrected chi connectivity index (χ2v) is 13.4. The summed E-state index contributed by atoms with van der Waals surface area (Å²) < 4.78 is 5.57. The third-order valence-electron chi connectivity index (χ3n) is 4.42. The molecular weight excluding hydrogens is 346 g/mol. The van der Waals surface area contributed by atoms with Crippen LogP contribution in [0.1, 0.15) is 27.2 Å². The van der Waals surface area contributed by atoms with E-state index in [1.807, 2.05) is 6.07 Å². The van der Waals surface area contributed by atoms with E-state index in [4.69, 9.17) is 11.2 Å². The van der Waals surface area contributed by atoms with Gasteiger partial charge in [0.15, 0.2) is 0 Å². The Bertz CT molecular complexity index is 619. The van der Waals surface area contributed by atoms with Crippen molar-refractivity contribution >= 4 is 31.9 Å². The van der Waals surface area contributed by atoms with Gasteiger partial charge in [-0.1, -0.05) is 0 Å². The number of terminal acetylenes is 1. The van der Waals surface area contributed by atoms with Crippen molar-refractivity contribution in [1.82, 2.24) is 0 Å². The summed E-state index contributed by atoms with van der Waals surface area (Å²) in [5, 5.41) is 1.39. The molecule has 2 rings (SSSR count). The second-order valence-electron chi connectivity index (χ2n) is 5.90. The zero-order chi connectivity index (χ0) is 15.7. The van der Waals surface area contributed by atoms with Crippen LogP contribution in [0.25, 0.3) is 0 Å². The summed E-state index contributed by atoms with van der Waals surface area (Å²) in [5.41, 5.74) is -1.77. The Morgan fingerprint density at radius 3 is 2.57 bits per heavy atom. The van der Waals surface area contributed by atoms with Gasteiger partial charge in [0.1, 0.15) is 0 Å². The van der Waals surface area contributed by atoms with E-state index < -0.39 is 11.1 Å². The van der Waals surface area contributed by atoms with Gasteiger partial charge in [-0.15, -0.1) is 0 Å². The molecule has 0 spiro atoms. The van der Waals surface area contributed by atoms with Gasteiger partial charge in [-0.2, -0.15) is 0 Å². The van der Waals surface area contributed by atoms with Gasteiger partial charge in [-0.25, -0.2) is 0 Å². The molecule has 4 heteroatoms. The van der Waals surface area contributed by atoms with E-state index in [2.05, 4.69) is 59.1 Å². The summed E-state index contributed by atoms with van der Waals surface area (Å²) in [6.45, 7) is 5.76. The Hall–Kier alpha value is -0.801. The molecule has 1 fully saturated rings. The first-order valence-corrected chi connectivity index (χ1v) is 11.4. The van der Waals surface area contributed by atoms with E-state index in [1.165, 1.54) is 12.2 Å². The summed E-state index contributed by atoms with van der Waals surface area (Å²) in [4.78, 5) is 11.4. The van der Waals surface area contributed by atoms with Gasteiger partial charge in [0, 0.05) is 0 Å². The molecule has 1 aromatic carbocycles. The zero-order valence-corrected chi connectivity index (χ0v) is 15.3. The number of hydrogen-bond donors (Lipinski definition) is 0. The first-order valence-electron chi connectivity index (χ1n) is 7.16. The van der Waals surface area contributed by atoms with Crippen LogP contribution in [0.4, 0.5) is 0 Å². The SMILES string of the molecule is C#C[C@@]1(OC(C)=O)C[C@@H](C)[P@](=[Se])(c2ccccc2)C[C@@H]1C. The first kappa shape index (κ1) is 16.6. The molecule has 4 atom stereocenters.